The smallest absolute Gasteiger partial charge is 0.244 e. The number of likely N-dealkylation sites (tertiary alicyclic amines) is 1. The molecule has 1 saturated heterocycles. The topological polar surface area (TPSA) is 63.1 Å². The van der Waals surface area contributed by atoms with Crippen LogP contribution in [0.4, 0.5) is 5.82 Å². The number of nitrogens with zero attached hydrogens (tertiary/aromatic N) is 4. The number of carbonyl (C=O) groups is 1. The highest BCUT2D eigenvalue weighted by atomic mass is 16.2. The van der Waals surface area contributed by atoms with Gasteiger partial charge in [-0.05, 0) is 50.5 Å². The monoisotopic (exact) mass is 327 g/mol. The maximum Gasteiger partial charge on any atom is 0.244 e. The zero-order chi connectivity index (χ0) is 17.1. The molecular weight excluding hydrogens is 302 g/mol. The molecule has 0 spiro atoms. The Morgan fingerprint density at radius 2 is 2.21 bits per heavy atom. The third-order valence-corrected chi connectivity index (χ3v) is 4.67. The number of rotatable bonds is 4. The molecule has 1 N–H and O–H groups in total. The van der Waals surface area contributed by atoms with E-state index in [0.717, 1.165) is 43.1 Å². The summed E-state index contributed by atoms with van der Waals surface area (Å²) in [5.41, 5.74) is 3.23. The number of aryl methyl sites for hydroxylation is 2. The molecule has 0 aromatic carbocycles. The zero-order valence-corrected chi connectivity index (χ0v) is 14.6. The van der Waals surface area contributed by atoms with Crippen LogP contribution >= 0.6 is 0 Å². The van der Waals surface area contributed by atoms with Crippen LogP contribution in [0.3, 0.4) is 0 Å². The van der Waals surface area contributed by atoms with E-state index in [0.29, 0.717) is 12.5 Å². The van der Waals surface area contributed by atoms with Crippen LogP contribution in [0.1, 0.15) is 35.7 Å². The van der Waals surface area contributed by atoms with Crippen molar-refractivity contribution in [2.75, 3.05) is 25.5 Å². The molecule has 0 radical (unpaired) electrons. The Labute approximate surface area is 142 Å². The Morgan fingerprint density at radius 1 is 1.38 bits per heavy atom. The van der Waals surface area contributed by atoms with Crippen LogP contribution in [0.15, 0.2) is 24.4 Å². The van der Waals surface area contributed by atoms with E-state index < -0.39 is 0 Å². The molecule has 24 heavy (non-hydrogen) atoms. The van der Waals surface area contributed by atoms with Crippen molar-refractivity contribution in [3.05, 3.63) is 41.3 Å². The summed E-state index contributed by atoms with van der Waals surface area (Å²) in [6.07, 6.45) is 3.97. The van der Waals surface area contributed by atoms with Crippen LogP contribution in [-0.4, -0.2) is 45.7 Å². The van der Waals surface area contributed by atoms with Crippen molar-refractivity contribution in [1.29, 1.82) is 0 Å². The highest BCUT2D eigenvalue weighted by Crippen LogP contribution is 2.28. The van der Waals surface area contributed by atoms with E-state index in [1.165, 1.54) is 5.56 Å². The van der Waals surface area contributed by atoms with Crippen molar-refractivity contribution < 1.29 is 4.79 Å². The number of carbonyl (C=O) groups excluding carboxylic acids is 1. The van der Waals surface area contributed by atoms with Crippen LogP contribution in [0.2, 0.25) is 0 Å². The third-order valence-electron chi connectivity index (χ3n) is 4.67. The predicted octanol–water partition coefficient (Wildman–Crippen LogP) is 2.34. The second-order valence-electron chi connectivity index (χ2n) is 6.49. The Kier molecular flexibility index (Phi) is 4.83. The average molecular weight is 327 g/mol. The maximum absolute atomic E-state index is 12.7. The van der Waals surface area contributed by atoms with Gasteiger partial charge in [0.1, 0.15) is 12.4 Å². The largest absolute Gasteiger partial charge is 0.373 e. The van der Waals surface area contributed by atoms with Crippen molar-refractivity contribution in [2.45, 2.75) is 39.2 Å². The Morgan fingerprint density at radius 3 is 2.92 bits per heavy atom. The van der Waals surface area contributed by atoms with E-state index in [9.17, 15) is 4.79 Å². The molecule has 0 saturated carbocycles. The molecule has 1 fully saturated rings. The number of pyridine rings is 1. The summed E-state index contributed by atoms with van der Waals surface area (Å²) in [5, 5.41) is 7.48. The van der Waals surface area contributed by atoms with Crippen LogP contribution < -0.4 is 5.32 Å². The van der Waals surface area contributed by atoms with Gasteiger partial charge in [-0.2, -0.15) is 5.10 Å². The van der Waals surface area contributed by atoms with E-state index in [4.69, 9.17) is 0 Å². The van der Waals surface area contributed by atoms with Crippen LogP contribution in [0.25, 0.3) is 0 Å². The standard InChI is InChI=1S/C18H25N5O/c1-13-9-14(2)23(21-13)12-18(24)22-8-4-5-16(11-22)15-6-7-20-17(10-15)19-3/h6-7,9-10,16H,4-5,8,11-12H2,1-3H3,(H,19,20)/t16-/m1/s1. The van der Waals surface area contributed by atoms with Gasteiger partial charge in [-0.25, -0.2) is 4.98 Å². The lowest BCUT2D eigenvalue weighted by atomic mass is 9.91. The summed E-state index contributed by atoms with van der Waals surface area (Å²) in [6.45, 7) is 5.87. The molecule has 3 rings (SSSR count). The number of anilines is 1. The molecular formula is C18H25N5O. The molecule has 1 aliphatic rings. The molecule has 128 valence electrons. The average Bonchev–Trinajstić information content (AvgIpc) is 2.92. The Hall–Kier alpha value is -2.37. The van der Waals surface area contributed by atoms with Crippen molar-refractivity contribution in [1.82, 2.24) is 19.7 Å². The minimum atomic E-state index is 0.147. The lowest BCUT2D eigenvalue weighted by Crippen LogP contribution is -2.41. The number of nitrogens with one attached hydrogen (secondary N) is 1. The fourth-order valence-electron chi connectivity index (χ4n) is 3.38. The minimum absolute atomic E-state index is 0.147. The van der Waals surface area contributed by atoms with Gasteiger partial charge >= 0.3 is 0 Å². The van der Waals surface area contributed by atoms with Crippen LogP contribution in [0, 0.1) is 13.8 Å². The predicted molar refractivity (Wildman–Crippen MR) is 94.0 cm³/mol. The van der Waals surface area contributed by atoms with Crippen molar-refractivity contribution in [3.63, 3.8) is 0 Å². The van der Waals surface area contributed by atoms with E-state index in [1.54, 1.807) is 4.68 Å². The van der Waals surface area contributed by atoms with E-state index in [2.05, 4.69) is 27.5 Å². The van der Waals surface area contributed by atoms with E-state index >= 15 is 0 Å². The minimum Gasteiger partial charge on any atom is -0.373 e. The number of aromatic nitrogens is 3. The highest BCUT2D eigenvalue weighted by molar-refractivity contribution is 5.76. The molecule has 6 heteroatoms. The summed E-state index contributed by atoms with van der Waals surface area (Å²) in [5.74, 6) is 1.39. The van der Waals surface area contributed by atoms with Gasteiger partial charge in [-0.3, -0.25) is 9.48 Å². The first-order chi connectivity index (χ1) is 11.6. The number of piperidine rings is 1. The lowest BCUT2D eigenvalue weighted by molar-refractivity contribution is -0.133. The van der Waals surface area contributed by atoms with Gasteiger partial charge < -0.3 is 10.2 Å². The normalized spacial score (nSPS) is 17.8. The van der Waals surface area contributed by atoms with Gasteiger partial charge in [0.15, 0.2) is 0 Å². The highest BCUT2D eigenvalue weighted by Gasteiger charge is 2.25. The molecule has 1 atom stereocenters. The summed E-state index contributed by atoms with van der Waals surface area (Å²) < 4.78 is 1.80. The maximum atomic E-state index is 12.7. The molecule has 0 bridgehead atoms. The zero-order valence-electron chi connectivity index (χ0n) is 14.6. The number of hydrogen-bond donors (Lipinski definition) is 1. The Bertz CT molecular complexity index is 724. The number of amides is 1. The van der Waals surface area contributed by atoms with Gasteiger partial charge in [-0.1, -0.05) is 0 Å². The summed E-state index contributed by atoms with van der Waals surface area (Å²) >= 11 is 0. The first kappa shape index (κ1) is 16.5. The molecule has 0 unspecified atom stereocenters. The molecule has 6 nitrogen and oxygen atoms in total. The van der Waals surface area contributed by atoms with Gasteiger partial charge in [0, 0.05) is 37.9 Å². The van der Waals surface area contributed by atoms with Crippen LogP contribution in [0.5, 0.6) is 0 Å². The second-order valence-corrected chi connectivity index (χ2v) is 6.49. The summed E-state index contributed by atoms with van der Waals surface area (Å²) in [7, 11) is 1.87. The molecule has 2 aromatic heterocycles. The first-order valence-corrected chi connectivity index (χ1v) is 8.49. The van der Waals surface area contributed by atoms with Crippen molar-refractivity contribution in [2.24, 2.45) is 0 Å². The van der Waals surface area contributed by atoms with E-state index in [1.807, 2.05) is 38.1 Å². The quantitative estimate of drug-likeness (QED) is 0.936. The van der Waals surface area contributed by atoms with Gasteiger partial charge in [0.2, 0.25) is 5.91 Å². The van der Waals surface area contributed by atoms with Crippen molar-refractivity contribution >= 4 is 11.7 Å². The lowest BCUT2D eigenvalue weighted by Gasteiger charge is -2.33. The van der Waals surface area contributed by atoms with Gasteiger partial charge in [0.05, 0.1) is 5.69 Å². The third kappa shape index (κ3) is 3.58. The molecule has 2 aromatic rings. The Balaban J connectivity index is 1.68. The molecule has 3 heterocycles. The van der Waals surface area contributed by atoms with Crippen molar-refractivity contribution in [3.8, 4) is 0 Å². The van der Waals surface area contributed by atoms with Crippen LogP contribution in [-0.2, 0) is 11.3 Å². The summed E-state index contributed by atoms with van der Waals surface area (Å²) in [6, 6.07) is 6.14. The molecule has 0 aliphatic carbocycles. The molecule has 1 aliphatic heterocycles. The fraction of sp³-hybridized carbons (Fsp3) is 0.500. The number of hydrogen-bond acceptors (Lipinski definition) is 4. The van der Waals surface area contributed by atoms with Gasteiger partial charge in [-0.15, -0.1) is 0 Å². The SMILES string of the molecule is CNc1cc([C@@H]2CCCN(C(=O)Cn3nc(C)cc3C)C2)ccn1. The summed E-state index contributed by atoms with van der Waals surface area (Å²) in [4.78, 5) is 18.9. The fourth-order valence-corrected chi connectivity index (χ4v) is 3.38. The first-order valence-electron chi connectivity index (χ1n) is 8.49. The molecule has 1 amide bonds. The van der Waals surface area contributed by atoms with Gasteiger partial charge in [0.25, 0.3) is 0 Å². The second kappa shape index (κ2) is 7.03. The van der Waals surface area contributed by atoms with E-state index in [-0.39, 0.29) is 5.91 Å².